The number of carbonyl (C=O) groups is 2. The van der Waals surface area contributed by atoms with Crippen molar-refractivity contribution in [3.63, 3.8) is 0 Å². The maximum atomic E-state index is 14.1. The van der Waals surface area contributed by atoms with Crippen molar-refractivity contribution in [2.24, 2.45) is 0 Å². The number of aryl methyl sites for hydroxylation is 1. The Morgan fingerprint density at radius 2 is 2.00 bits per heavy atom. The smallest absolute Gasteiger partial charge is 0.358 e. The molecule has 2 heterocycles. The van der Waals surface area contributed by atoms with Crippen molar-refractivity contribution >= 4 is 23.5 Å². The lowest BCUT2D eigenvalue weighted by atomic mass is 10.0. The van der Waals surface area contributed by atoms with E-state index < -0.39 is 17.7 Å². The molecule has 1 amide bonds. The van der Waals surface area contributed by atoms with Crippen molar-refractivity contribution in [1.29, 1.82) is 0 Å². The number of halogens is 2. The zero-order valence-corrected chi connectivity index (χ0v) is 17.4. The van der Waals surface area contributed by atoms with Gasteiger partial charge in [-0.05, 0) is 44.4 Å². The summed E-state index contributed by atoms with van der Waals surface area (Å²) >= 11 is 6.04. The number of hydrogen-bond acceptors (Lipinski definition) is 4. The Balaban J connectivity index is 1.73. The van der Waals surface area contributed by atoms with E-state index in [2.05, 4.69) is 12.0 Å². The number of esters is 1. The van der Waals surface area contributed by atoms with Gasteiger partial charge in [-0.25, -0.2) is 9.18 Å². The summed E-state index contributed by atoms with van der Waals surface area (Å²) in [5.74, 6) is -1.43. The summed E-state index contributed by atoms with van der Waals surface area (Å²) in [6.07, 6.45) is 3.06. The van der Waals surface area contributed by atoms with Crippen LogP contribution in [0.1, 0.15) is 65.7 Å². The number of ether oxygens (including phenoxy) is 1. The lowest BCUT2D eigenvalue weighted by Crippen LogP contribution is -2.40. The van der Waals surface area contributed by atoms with E-state index in [4.69, 9.17) is 16.3 Å². The first kappa shape index (κ1) is 21.3. The van der Waals surface area contributed by atoms with Crippen molar-refractivity contribution in [1.82, 2.24) is 14.7 Å². The van der Waals surface area contributed by atoms with Crippen molar-refractivity contribution in [2.75, 3.05) is 19.7 Å². The SMILES string of the molecule is CCCc1cc(C(=O)OCC)nn1C1CCN(C(=O)c2c(F)cccc2Cl)CC1. The molecule has 0 saturated carbocycles. The number of carbonyl (C=O) groups excluding carboxylic acids is 2. The lowest BCUT2D eigenvalue weighted by molar-refractivity contribution is 0.0517. The molecule has 1 fully saturated rings. The summed E-state index contributed by atoms with van der Waals surface area (Å²) in [6, 6.07) is 6.10. The van der Waals surface area contributed by atoms with E-state index in [1.807, 2.05) is 4.68 Å². The minimum atomic E-state index is -0.610. The molecular formula is C21H25ClFN3O3. The summed E-state index contributed by atoms with van der Waals surface area (Å²) < 4.78 is 21.0. The predicted octanol–water partition coefficient (Wildman–Crippen LogP) is 4.28. The van der Waals surface area contributed by atoms with Gasteiger partial charge in [-0.1, -0.05) is 31.0 Å². The molecule has 0 N–H and O–H groups in total. The van der Waals surface area contributed by atoms with Crippen LogP contribution >= 0.6 is 11.6 Å². The number of amides is 1. The van der Waals surface area contributed by atoms with Gasteiger partial charge in [-0.3, -0.25) is 9.48 Å². The molecule has 2 aromatic rings. The highest BCUT2D eigenvalue weighted by Gasteiger charge is 2.29. The Bertz CT molecular complexity index is 871. The molecule has 8 heteroatoms. The summed E-state index contributed by atoms with van der Waals surface area (Å²) in [5.41, 5.74) is 1.22. The summed E-state index contributed by atoms with van der Waals surface area (Å²) in [6.45, 7) is 5.06. The minimum absolute atomic E-state index is 0.0693. The second-order valence-corrected chi connectivity index (χ2v) is 7.46. The molecule has 6 nitrogen and oxygen atoms in total. The van der Waals surface area contributed by atoms with Crippen molar-refractivity contribution < 1.29 is 18.7 Å². The summed E-state index contributed by atoms with van der Waals surface area (Å²) in [7, 11) is 0. The van der Waals surface area contributed by atoms with Gasteiger partial charge in [0.15, 0.2) is 5.69 Å². The molecule has 1 aliphatic heterocycles. The van der Waals surface area contributed by atoms with Gasteiger partial charge in [-0.2, -0.15) is 5.10 Å². The molecule has 1 saturated heterocycles. The molecule has 0 bridgehead atoms. The highest BCUT2D eigenvalue weighted by Crippen LogP contribution is 2.28. The van der Waals surface area contributed by atoms with E-state index in [0.29, 0.717) is 38.2 Å². The number of rotatable bonds is 6. The first-order chi connectivity index (χ1) is 14.0. The molecule has 1 aliphatic rings. The predicted molar refractivity (Wildman–Crippen MR) is 108 cm³/mol. The van der Waals surface area contributed by atoms with Crippen LogP contribution < -0.4 is 0 Å². The van der Waals surface area contributed by atoms with E-state index in [-0.39, 0.29) is 16.6 Å². The number of benzene rings is 1. The van der Waals surface area contributed by atoms with Crippen molar-refractivity contribution in [2.45, 2.75) is 45.6 Å². The minimum Gasteiger partial charge on any atom is -0.461 e. The molecule has 29 heavy (non-hydrogen) atoms. The first-order valence-electron chi connectivity index (χ1n) is 9.95. The fourth-order valence-electron chi connectivity index (χ4n) is 3.67. The fraction of sp³-hybridized carbons (Fsp3) is 0.476. The van der Waals surface area contributed by atoms with Gasteiger partial charge in [0, 0.05) is 18.8 Å². The molecular weight excluding hydrogens is 397 g/mol. The van der Waals surface area contributed by atoms with Crippen LogP contribution in [0.5, 0.6) is 0 Å². The highest BCUT2D eigenvalue weighted by atomic mass is 35.5. The van der Waals surface area contributed by atoms with Crippen LogP contribution in [0.4, 0.5) is 4.39 Å². The largest absolute Gasteiger partial charge is 0.461 e. The normalized spacial score (nSPS) is 14.8. The van der Waals surface area contributed by atoms with Gasteiger partial charge < -0.3 is 9.64 Å². The average molecular weight is 422 g/mol. The number of nitrogens with zero attached hydrogens (tertiary/aromatic N) is 3. The van der Waals surface area contributed by atoms with Gasteiger partial charge in [-0.15, -0.1) is 0 Å². The van der Waals surface area contributed by atoms with Gasteiger partial charge in [0.1, 0.15) is 5.82 Å². The maximum Gasteiger partial charge on any atom is 0.358 e. The van der Waals surface area contributed by atoms with Crippen molar-refractivity contribution in [3.8, 4) is 0 Å². The Morgan fingerprint density at radius 1 is 1.28 bits per heavy atom. The molecule has 0 spiro atoms. The molecule has 3 rings (SSSR count). The zero-order chi connectivity index (χ0) is 21.0. The van der Waals surface area contributed by atoms with E-state index in [0.717, 1.165) is 18.5 Å². The Hall–Kier alpha value is -2.41. The molecule has 0 aliphatic carbocycles. The van der Waals surface area contributed by atoms with Crippen LogP contribution in [0, 0.1) is 5.82 Å². The van der Waals surface area contributed by atoms with Gasteiger partial charge in [0.2, 0.25) is 0 Å². The third kappa shape index (κ3) is 4.61. The first-order valence-corrected chi connectivity index (χ1v) is 10.3. The molecule has 1 aromatic carbocycles. The van der Waals surface area contributed by atoms with Crippen LogP contribution in [0.2, 0.25) is 5.02 Å². The molecule has 0 atom stereocenters. The van der Waals surface area contributed by atoms with Gasteiger partial charge >= 0.3 is 5.97 Å². The Morgan fingerprint density at radius 3 is 2.62 bits per heavy atom. The number of piperidine rings is 1. The highest BCUT2D eigenvalue weighted by molar-refractivity contribution is 6.33. The molecule has 0 unspecified atom stereocenters. The van der Waals surface area contributed by atoms with E-state index in [9.17, 15) is 14.0 Å². The Labute approximate surface area is 174 Å². The topological polar surface area (TPSA) is 64.4 Å². The van der Waals surface area contributed by atoms with Crippen LogP contribution in [0.15, 0.2) is 24.3 Å². The van der Waals surface area contributed by atoms with Crippen LogP contribution in [0.25, 0.3) is 0 Å². The quantitative estimate of drug-likeness (QED) is 0.653. The second-order valence-electron chi connectivity index (χ2n) is 7.06. The number of aromatic nitrogens is 2. The Kier molecular flexibility index (Phi) is 6.90. The zero-order valence-electron chi connectivity index (χ0n) is 16.7. The molecule has 1 aromatic heterocycles. The van der Waals surface area contributed by atoms with E-state index >= 15 is 0 Å². The monoisotopic (exact) mass is 421 g/mol. The standard InChI is InChI=1S/C21H25ClFN3O3/c1-3-6-15-13-18(21(28)29-4-2)24-26(15)14-9-11-25(12-10-14)20(27)19-16(22)7-5-8-17(19)23/h5,7-8,13-14H,3-4,6,9-12H2,1-2H3. The third-order valence-corrected chi connectivity index (χ3v) is 5.39. The lowest BCUT2D eigenvalue weighted by Gasteiger charge is -2.33. The molecule has 0 radical (unpaired) electrons. The van der Waals surface area contributed by atoms with Gasteiger partial charge in [0.05, 0.1) is 23.2 Å². The maximum absolute atomic E-state index is 14.1. The van der Waals surface area contributed by atoms with Crippen LogP contribution in [-0.2, 0) is 11.2 Å². The average Bonchev–Trinajstić information content (AvgIpc) is 3.12. The molecule has 156 valence electrons. The van der Waals surface area contributed by atoms with Crippen LogP contribution in [-0.4, -0.2) is 46.3 Å². The fourth-order valence-corrected chi connectivity index (χ4v) is 3.91. The van der Waals surface area contributed by atoms with E-state index in [1.54, 1.807) is 17.9 Å². The van der Waals surface area contributed by atoms with Crippen molar-refractivity contribution in [3.05, 3.63) is 52.1 Å². The summed E-state index contributed by atoms with van der Waals surface area (Å²) in [5, 5.41) is 4.60. The summed E-state index contributed by atoms with van der Waals surface area (Å²) in [4.78, 5) is 26.4. The third-order valence-electron chi connectivity index (χ3n) is 5.08. The number of likely N-dealkylation sites (tertiary alicyclic amines) is 1. The number of hydrogen-bond donors (Lipinski definition) is 0. The van der Waals surface area contributed by atoms with E-state index in [1.165, 1.54) is 18.2 Å². The van der Waals surface area contributed by atoms with Crippen LogP contribution in [0.3, 0.4) is 0 Å². The second kappa shape index (κ2) is 9.39. The van der Waals surface area contributed by atoms with Gasteiger partial charge in [0.25, 0.3) is 5.91 Å².